The van der Waals surface area contributed by atoms with E-state index in [4.69, 9.17) is 11.6 Å². The van der Waals surface area contributed by atoms with Crippen molar-refractivity contribution in [2.45, 2.75) is 24.2 Å². The van der Waals surface area contributed by atoms with Crippen LogP contribution in [0.4, 0.5) is 0 Å². The average molecular weight is 491 g/mol. The molecule has 0 radical (unpaired) electrons. The lowest BCUT2D eigenvalue weighted by molar-refractivity contribution is -0.128. The van der Waals surface area contributed by atoms with Crippen LogP contribution in [0.2, 0.25) is 5.02 Å². The van der Waals surface area contributed by atoms with Crippen molar-refractivity contribution in [3.05, 3.63) is 65.2 Å². The van der Waals surface area contributed by atoms with Gasteiger partial charge in [-0.1, -0.05) is 53.7 Å². The molecule has 2 heterocycles. The van der Waals surface area contributed by atoms with E-state index in [1.165, 1.54) is 11.8 Å². The molecule has 0 unspecified atom stereocenters. The first-order valence-corrected chi connectivity index (χ1v) is 13.3. The Morgan fingerprint density at radius 3 is 2.53 bits per heavy atom. The number of halogens is 1. The monoisotopic (exact) mass is 490 g/mol. The number of hydrogen-bond donors (Lipinski definition) is 0. The highest BCUT2D eigenvalue weighted by Crippen LogP contribution is 2.27. The maximum atomic E-state index is 12.7. The third-order valence-corrected chi connectivity index (χ3v) is 8.43. The summed E-state index contributed by atoms with van der Waals surface area (Å²) in [6.45, 7) is 0.555. The number of nitrogens with zero attached hydrogens (tertiary/aromatic N) is 4. The number of sulfone groups is 1. The Morgan fingerprint density at radius 2 is 1.88 bits per heavy atom. The molecule has 1 aliphatic rings. The van der Waals surface area contributed by atoms with Crippen LogP contribution >= 0.6 is 23.4 Å². The zero-order chi connectivity index (χ0) is 22.7. The minimum atomic E-state index is -3.05. The van der Waals surface area contributed by atoms with Crippen LogP contribution in [0.25, 0.3) is 11.4 Å². The van der Waals surface area contributed by atoms with Gasteiger partial charge in [-0.3, -0.25) is 9.36 Å². The van der Waals surface area contributed by atoms with Gasteiger partial charge in [-0.15, -0.1) is 10.2 Å². The number of thioether (sulfide) groups is 1. The van der Waals surface area contributed by atoms with E-state index < -0.39 is 9.84 Å². The van der Waals surface area contributed by atoms with Gasteiger partial charge >= 0.3 is 0 Å². The second kappa shape index (κ2) is 9.64. The van der Waals surface area contributed by atoms with E-state index in [9.17, 15) is 13.2 Å². The number of rotatable bonds is 7. The molecule has 3 aromatic rings. The van der Waals surface area contributed by atoms with E-state index >= 15 is 0 Å². The van der Waals surface area contributed by atoms with Crippen molar-refractivity contribution in [3.8, 4) is 11.4 Å². The third kappa shape index (κ3) is 5.33. The normalized spacial score (nSPS) is 17.4. The molecule has 0 saturated carbocycles. The van der Waals surface area contributed by atoms with Crippen LogP contribution < -0.4 is 0 Å². The molecule has 0 bridgehead atoms. The first kappa shape index (κ1) is 22.8. The fourth-order valence-corrected chi connectivity index (χ4v) is 6.39. The molecule has 7 nitrogen and oxygen atoms in total. The van der Waals surface area contributed by atoms with E-state index in [-0.39, 0.29) is 29.2 Å². The van der Waals surface area contributed by atoms with E-state index in [0.717, 1.165) is 11.1 Å². The number of hydrogen-bond acceptors (Lipinski definition) is 6. The Hall–Kier alpha value is -2.36. The van der Waals surface area contributed by atoms with Crippen LogP contribution in [0.15, 0.2) is 59.8 Å². The van der Waals surface area contributed by atoms with E-state index in [1.54, 1.807) is 24.1 Å². The molecule has 0 spiro atoms. The van der Waals surface area contributed by atoms with Gasteiger partial charge in [0.15, 0.2) is 20.8 Å². The zero-order valence-electron chi connectivity index (χ0n) is 17.5. The molecule has 32 heavy (non-hydrogen) atoms. The van der Waals surface area contributed by atoms with Gasteiger partial charge in [-0.2, -0.15) is 0 Å². The number of carbonyl (C=O) groups excluding carboxylic acids is 1. The standard InChI is InChI=1S/C22H23ClN4O3S2/c1-26(19-11-12-32(29,30)15-19)20(28)14-31-22-25-24-21(17-7-9-18(23)10-8-17)27(22)13-16-5-3-2-4-6-16/h2-10,19H,11-15H2,1H3/t19-/m1/s1. The smallest absolute Gasteiger partial charge is 0.233 e. The van der Waals surface area contributed by atoms with Crippen molar-refractivity contribution in [1.82, 2.24) is 19.7 Å². The maximum Gasteiger partial charge on any atom is 0.233 e. The van der Waals surface area contributed by atoms with Gasteiger partial charge in [0.1, 0.15) is 0 Å². The third-order valence-electron chi connectivity index (χ3n) is 5.48. The second-order valence-electron chi connectivity index (χ2n) is 7.73. The molecule has 1 amide bonds. The molecule has 2 aromatic carbocycles. The molecule has 1 fully saturated rings. The van der Waals surface area contributed by atoms with Gasteiger partial charge in [0.25, 0.3) is 0 Å². The zero-order valence-corrected chi connectivity index (χ0v) is 19.9. The van der Waals surface area contributed by atoms with Crippen LogP contribution in [-0.4, -0.2) is 64.3 Å². The molecule has 1 aromatic heterocycles. The summed E-state index contributed by atoms with van der Waals surface area (Å²) >= 11 is 7.34. The van der Waals surface area contributed by atoms with E-state index in [0.29, 0.717) is 29.0 Å². The Labute approximate surface area is 196 Å². The lowest BCUT2D eigenvalue weighted by Gasteiger charge is -2.23. The van der Waals surface area contributed by atoms with Crippen molar-refractivity contribution in [2.75, 3.05) is 24.3 Å². The quantitative estimate of drug-likeness (QED) is 0.472. The average Bonchev–Trinajstić information content (AvgIpc) is 3.35. The first-order chi connectivity index (χ1) is 15.3. The Bertz CT molecular complexity index is 1200. The highest BCUT2D eigenvalue weighted by molar-refractivity contribution is 7.99. The topological polar surface area (TPSA) is 85.2 Å². The number of aromatic nitrogens is 3. The molecule has 1 saturated heterocycles. The Kier molecular flexibility index (Phi) is 6.88. The molecular formula is C22H23ClN4O3S2. The van der Waals surface area contributed by atoms with E-state index in [1.807, 2.05) is 47.0 Å². The van der Waals surface area contributed by atoms with Gasteiger partial charge in [0, 0.05) is 23.7 Å². The van der Waals surface area contributed by atoms with Crippen molar-refractivity contribution < 1.29 is 13.2 Å². The molecule has 168 valence electrons. The van der Waals surface area contributed by atoms with Crippen LogP contribution in [0.5, 0.6) is 0 Å². The van der Waals surface area contributed by atoms with E-state index in [2.05, 4.69) is 10.2 Å². The minimum Gasteiger partial charge on any atom is -0.341 e. The molecule has 0 aliphatic carbocycles. The number of carbonyl (C=O) groups is 1. The highest BCUT2D eigenvalue weighted by atomic mass is 35.5. The predicted octanol–water partition coefficient (Wildman–Crippen LogP) is 3.38. The molecule has 4 rings (SSSR count). The Balaban J connectivity index is 1.54. The predicted molar refractivity (Wildman–Crippen MR) is 127 cm³/mol. The highest BCUT2D eigenvalue weighted by Gasteiger charge is 2.32. The molecule has 1 atom stereocenters. The summed E-state index contributed by atoms with van der Waals surface area (Å²) in [5, 5.41) is 9.98. The maximum absolute atomic E-state index is 12.7. The van der Waals surface area contributed by atoms with Gasteiger partial charge in [-0.25, -0.2) is 8.42 Å². The lowest BCUT2D eigenvalue weighted by Crippen LogP contribution is -2.38. The van der Waals surface area contributed by atoms with Crippen LogP contribution in [0.1, 0.15) is 12.0 Å². The summed E-state index contributed by atoms with van der Waals surface area (Å²) in [7, 11) is -1.38. The van der Waals surface area contributed by atoms with Crippen LogP contribution in [0, 0.1) is 0 Å². The van der Waals surface area contributed by atoms with Crippen molar-refractivity contribution in [3.63, 3.8) is 0 Å². The molecule has 10 heteroatoms. The van der Waals surface area contributed by atoms with Gasteiger partial charge in [0.05, 0.1) is 23.8 Å². The van der Waals surface area contributed by atoms with Crippen LogP contribution in [0.3, 0.4) is 0 Å². The SMILES string of the molecule is CN(C(=O)CSc1nnc(-c2ccc(Cl)cc2)n1Cc1ccccc1)[C@@H]1CCS(=O)(=O)C1. The van der Waals surface area contributed by atoms with Gasteiger partial charge in [0.2, 0.25) is 5.91 Å². The number of benzene rings is 2. The summed E-state index contributed by atoms with van der Waals surface area (Å²) in [6.07, 6.45) is 0.486. The fraction of sp³-hybridized carbons (Fsp3) is 0.318. The molecule has 0 N–H and O–H groups in total. The second-order valence-corrected chi connectivity index (χ2v) is 11.3. The van der Waals surface area contributed by atoms with Crippen molar-refractivity contribution in [2.24, 2.45) is 0 Å². The summed E-state index contributed by atoms with van der Waals surface area (Å²) in [6, 6.07) is 17.1. The van der Waals surface area contributed by atoms with Crippen LogP contribution in [-0.2, 0) is 21.2 Å². The minimum absolute atomic E-state index is 0.0326. The van der Waals surface area contributed by atoms with Gasteiger partial charge in [-0.05, 0) is 36.2 Å². The number of amides is 1. The summed E-state index contributed by atoms with van der Waals surface area (Å²) < 4.78 is 25.5. The summed E-state index contributed by atoms with van der Waals surface area (Å²) in [5.74, 6) is 0.888. The summed E-state index contributed by atoms with van der Waals surface area (Å²) in [4.78, 5) is 14.3. The van der Waals surface area contributed by atoms with Gasteiger partial charge < -0.3 is 4.90 Å². The summed E-state index contributed by atoms with van der Waals surface area (Å²) in [5.41, 5.74) is 1.97. The first-order valence-electron chi connectivity index (χ1n) is 10.1. The molecular weight excluding hydrogens is 468 g/mol. The fourth-order valence-electron chi connectivity index (χ4n) is 3.63. The Morgan fingerprint density at radius 1 is 1.16 bits per heavy atom. The molecule has 1 aliphatic heterocycles. The lowest BCUT2D eigenvalue weighted by atomic mass is 10.2. The van der Waals surface area contributed by atoms with Crippen molar-refractivity contribution in [1.29, 1.82) is 0 Å². The van der Waals surface area contributed by atoms with Crippen molar-refractivity contribution >= 4 is 39.1 Å². The largest absolute Gasteiger partial charge is 0.341 e.